The fraction of sp³-hybridized carbons (Fsp3) is 0.176. The molecule has 0 atom stereocenters. The zero-order valence-electron chi connectivity index (χ0n) is 12.7. The van der Waals surface area contributed by atoms with Gasteiger partial charge in [-0.2, -0.15) is 0 Å². The van der Waals surface area contributed by atoms with Gasteiger partial charge >= 0.3 is 5.97 Å². The topological polar surface area (TPSA) is 75.6 Å². The molecule has 0 aromatic heterocycles. The number of rotatable bonds is 5. The Morgan fingerprint density at radius 2 is 1.83 bits per heavy atom. The smallest absolute Gasteiger partial charge is 0.335 e. The first-order valence-corrected chi connectivity index (χ1v) is 7.37. The summed E-state index contributed by atoms with van der Waals surface area (Å²) in [5.41, 5.74) is 1.83. The molecule has 6 heteroatoms. The van der Waals surface area contributed by atoms with E-state index >= 15 is 0 Å². The summed E-state index contributed by atoms with van der Waals surface area (Å²) in [7, 11) is 0. The predicted molar refractivity (Wildman–Crippen MR) is 88.7 cm³/mol. The lowest BCUT2D eigenvalue weighted by molar-refractivity contribution is 0.0696. The van der Waals surface area contributed by atoms with Crippen LogP contribution < -0.4 is 10.1 Å². The summed E-state index contributed by atoms with van der Waals surface area (Å²) < 4.78 is 5.44. The van der Waals surface area contributed by atoms with Crippen molar-refractivity contribution in [3.63, 3.8) is 0 Å². The molecule has 2 N–H and O–H groups in total. The largest absolute Gasteiger partial charge is 0.492 e. The van der Waals surface area contributed by atoms with Gasteiger partial charge in [0.15, 0.2) is 0 Å². The van der Waals surface area contributed by atoms with Crippen molar-refractivity contribution in [3.05, 3.63) is 58.1 Å². The number of hydrogen-bond acceptors (Lipinski definition) is 3. The SMILES string of the molecule is CCOc1c(C)cc(C(=O)Nc2ccc(C(=O)O)cc2)cc1Cl. The standard InChI is InChI=1S/C17H16ClNO4/c1-3-23-15-10(2)8-12(9-14(15)18)16(20)19-13-6-4-11(5-7-13)17(21)22/h4-9H,3H2,1-2H3,(H,19,20)(H,21,22). The van der Waals surface area contributed by atoms with Gasteiger partial charge in [-0.3, -0.25) is 4.79 Å². The number of amides is 1. The number of carboxylic acid groups (broad SMARTS) is 1. The zero-order valence-corrected chi connectivity index (χ0v) is 13.5. The van der Waals surface area contributed by atoms with Crippen molar-refractivity contribution in [3.8, 4) is 5.75 Å². The number of carbonyl (C=O) groups excluding carboxylic acids is 1. The monoisotopic (exact) mass is 333 g/mol. The Balaban J connectivity index is 2.19. The van der Waals surface area contributed by atoms with Crippen molar-refractivity contribution >= 4 is 29.2 Å². The van der Waals surface area contributed by atoms with E-state index in [2.05, 4.69) is 5.32 Å². The van der Waals surface area contributed by atoms with Crippen LogP contribution in [-0.2, 0) is 0 Å². The predicted octanol–water partition coefficient (Wildman–Crippen LogP) is 4.00. The van der Waals surface area contributed by atoms with Crippen LogP contribution in [-0.4, -0.2) is 23.6 Å². The number of halogens is 1. The summed E-state index contributed by atoms with van der Waals surface area (Å²) in [4.78, 5) is 23.1. The van der Waals surface area contributed by atoms with Crippen LogP contribution in [0.3, 0.4) is 0 Å². The van der Waals surface area contributed by atoms with Crippen molar-refractivity contribution < 1.29 is 19.4 Å². The molecule has 0 aliphatic heterocycles. The Bertz CT molecular complexity index is 718. The Morgan fingerprint density at radius 1 is 1.17 bits per heavy atom. The van der Waals surface area contributed by atoms with Crippen molar-refractivity contribution in [1.29, 1.82) is 0 Å². The lowest BCUT2D eigenvalue weighted by Gasteiger charge is -2.12. The number of benzene rings is 2. The fourth-order valence-corrected chi connectivity index (χ4v) is 2.41. The molecule has 0 aliphatic rings. The van der Waals surface area contributed by atoms with Crippen LogP contribution in [0.5, 0.6) is 5.75 Å². The van der Waals surface area contributed by atoms with Gasteiger partial charge in [0, 0.05) is 11.3 Å². The highest BCUT2D eigenvalue weighted by Gasteiger charge is 2.13. The molecule has 1 amide bonds. The van der Waals surface area contributed by atoms with Gasteiger partial charge in [0.1, 0.15) is 5.75 Å². The lowest BCUT2D eigenvalue weighted by Crippen LogP contribution is -2.12. The van der Waals surface area contributed by atoms with Crippen molar-refractivity contribution in [2.45, 2.75) is 13.8 Å². The molecule has 0 heterocycles. The molecule has 120 valence electrons. The number of aryl methyl sites for hydroxylation is 1. The van der Waals surface area contributed by atoms with E-state index in [1.165, 1.54) is 24.3 Å². The van der Waals surface area contributed by atoms with Crippen molar-refractivity contribution in [1.82, 2.24) is 0 Å². The van der Waals surface area contributed by atoms with Crippen LogP contribution in [0, 0.1) is 6.92 Å². The molecule has 2 aromatic rings. The Labute approximate surface area is 138 Å². The van der Waals surface area contributed by atoms with Gasteiger partial charge in [0.25, 0.3) is 5.91 Å². The average molecular weight is 334 g/mol. The van der Waals surface area contributed by atoms with Gasteiger partial charge in [0.05, 0.1) is 17.2 Å². The quantitative estimate of drug-likeness (QED) is 0.867. The minimum absolute atomic E-state index is 0.156. The summed E-state index contributed by atoms with van der Waals surface area (Å²) in [6.45, 7) is 4.16. The van der Waals surface area contributed by atoms with Gasteiger partial charge in [-0.05, 0) is 55.8 Å². The van der Waals surface area contributed by atoms with E-state index in [4.69, 9.17) is 21.4 Å². The average Bonchev–Trinajstić information content (AvgIpc) is 2.51. The van der Waals surface area contributed by atoms with Crippen molar-refractivity contribution in [2.75, 3.05) is 11.9 Å². The third-order valence-electron chi connectivity index (χ3n) is 3.17. The summed E-state index contributed by atoms with van der Waals surface area (Å²) in [5, 5.41) is 11.9. The first-order chi connectivity index (χ1) is 10.9. The number of aromatic carboxylic acids is 1. The van der Waals surface area contributed by atoms with E-state index in [-0.39, 0.29) is 11.5 Å². The highest BCUT2D eigenvalue weighted by atomic mass is 35.5. The van der Waals surface area contributed by atoms with E-state index < -0.39 is 5.97 Å². The molecule has 0 unspecified atom stereocenters. The Hall–Kier alpha value is -2.53. The maximum Gasteiger partial charge on any atom is 0.335 e. The number of carbonyl (C=O) groups is 2. The fourth-order valence-electron chi connectivity index (χ4n) is 2.09. The van der Waals surface area contributed by atoms with Crippen LogP contribution in [0.25, 0.3) is 0 Å². The zero-order chi connectivity index (χ0) is 17.0. The van der Waals surface area contributed by atoms with Crippen molar-refractivity contribution in [2.24, 2.45) is 0 Å². The molecule has 5 nitrogen and oxygen atoms in total. The van der Waals surface area contributed by atoms with Crippen LogP contribution in [0.2, 0.25) is 5.02 Å². The normalized spacial score (nSPS) is 10.2. The van der Waals surface area contributed by atoms with Gasteiger partial charge in [-0.25, -0.2) is 4.79 Å². The van der Waals surface area contributed by atoms with E-state index in [0.29, 0.717) is 28.6 Å². The highest BCUT2D eigenvalue weighted by Crippen LogP contribution is 2.30. The second-order valence-electron chi connectivity index (χ2n) is 4.87. The molecular weight excluding hydrogens is 318 g/mol. The van der Waals surface area contributed by atoms with Gasteiger partial charge in [-0.15, -0.1) is 0 Å². The molecule has 0 spiro atoms. The molecule has 23 heavy (non-hydrogen) atoms. The third-order valence-corrected chi connectivity index (χ3v) is 3.45. The maximum atomic E-state index is 12.3. The second-order valence-corrected chi connectivity index (χ2v) is 5.28. The first-order valence-electron chi connectivity index (χ1n) is 7.00. The number of ether oxygens (including phenoxy) is 1. The third kappa shape index (κ3) is 4.02. The molecule has 0 radical (unpaired) electrons. The molecule has 0 saturated carbocycles. The number of anilines is 1. The Morgan fingerprint density at radius 3 is 2.35 bits per heavy atom. The molecule has 0 saturated heterocycles. The first kappa shape index (κ1) is 16.8. The minimum Gasteiger partial charge on any atom is -0.492 e. The van der Waals surface area contributed by atoms with Crippen LogP contribution >= 0.6 is 11.6 Å². The summed E-state index contributed by atoms with van der Waals surface area (Å²) >= 11 is 6.15. The van der Waals surface area contributed by atoms with E-state index in [1.54, 1.807) is 12.1 Å². The van der Waals surface area contributed by atoms with Gasteiger partial charge < -0.3 is 15.2 Å². The molecule has 2 rings (SSSR count). The maximum absolute atomic E-state index is 12.3. The number of nitrogens with one attached hydrogen (secondary N) is 1. The number of carboxylic acids is 1. The van der Waals surface area contributed by atoms with Gasteiger partial charge in [-0.1, -0.05) is 11.6 Å². The summed E-state index contributed by atoms with van der Waals surface area (Å²) in [6.07, 6.45) is 0. The molecular formula is C17H16ClNO4. The molecule has 0 bridgehead atoms. The van der Waals surface area contributed by atoms with E-state index in [9.17, 15) is 9.59 Å². The summed E-state index contributed by atoms with van der Waals surface area (Å²) in [5.74, 6) is -0.783. The highest BCUT2D eigenvalue weighted by molar-refractivity contribution is 6.32. The molecule has 2 aromatic carbocycles. The number of hydrogen-bond donors (Lipinski definition) is 2. The van der Waals surface area contributed by atoms with Crippen LogP contribution in [0.15, 0.2) is 36.4 Å². The van der Waals surface area contributed by atoms with E-state index in [1.807, 2.05) is 13.8 Å². The van der Waals surface area contributed by atoms with Crippen LogP contribution in [0.1, 0.15) is 33.2 Å². The summed E-state index contributed by atoms with van der Waals surface area (Å²) in [6, 6.07) is 9.15. The lowest BCUT2D eigenvalue weighted by atomic mass is 10.1. The molecule has 0 fully saturated rings. The Kier molecular flexibility index (Phi) is 5.24. The minimum atomic E-state index is -1.02. The molecule has 0 aliphatic carbocycles. The second kappa shape index (κ2) is 7.15. The van der Waals surface area contributed by atoms with E-state index in [0.717, 1.165) is 5.56 Å². The van der Waals surface area contributed by atoms with Crippen LogP contribution in [0.4, 0.5) is 5.69 Å². The van der Waals surface area contributed by atoms with Gasteiger partial charge in [0.2, 0.25) is 0 Å².